The minimum Gasteiger partial charge on any atom is -0.333 e. The number of allylic oxidation sites excluding steroid dienone is 2. The van der Waals surface area contributed by atoms with Crippen LogP contribution >= 0.6 is 0 Å². The summed E-state index contributed by atoms with van der Waals surface area (Å²) in [6.45, 7) is 0. The Morgan fingerprint density at radius 2 is 1.23 bits per heavy atom. The fourth-order valence-corrected chi connectivity index (χ4v) is 8.80. The van der Waals surface area contributed by atoms with Crippen molar-refractivity contribution >= 4 is 38.8 Å². The van der Waals surface area contributed by atoms with Crippen molar-refractivity contribution < 1.29 is 4.39 Å². The van der Waals surface area contributed by atoms with Gasteiger partial charge in [0.1, 0.15) is 5.82 Å². The molecular weight excluding hydrogens is 700 g/mol. The van der Waals surface area contributed by atoms with E-state index in [1.165, 1.54) is 34.1 Å². The van der Waals surface area contributed by atoms with Crippen LogP contribution < -0.4 is 4.90 Å². The Morgan fingerprint density at radius 3 is 2.07 bits per heavy atom. The molecule has 0 spiro atoms. The summed E-state index contributed by atoms with van der Waals surface area (Å²) in [4.78, 5) is 12.5. The lowest BCUT2D eigenvalue weighted by atomic mass is 9.86. The molecule has 0 bridgehead atoms. The van der Waals surface area contributed by atoms with Gasteiger partial charge in [-0.15, -0.1) is 0 Å². The Morgan fingerprint density at radius 1 is 0.526 bits per heavy atom. The molecule has 270 valence electrons. The van der Waals surface area contributed by atoms with Gasteiger partial charge in [0.2, 0.25) is 5.95 Å². The number of hydrogen-bond acceptors (Lipinski definition) is 3. The zero-order valence-corrected chi connectivity index (χ0v) is 30.9. The van der Waals surface area contributed by atoms with Crippen LogP contribution in [-0.4, -0.2) is 20.6 Å². The molecule has 1 aliphatic heterocycles. The van der Waals surface area contributed by atoms with E-state index in [4.69, 9.17) is 9.97 Å². The van der Waals surface area contributed by atoms with Gasteiger partial charge in [-0.3, -0.25) is 4.57 Å². The maximum Gasteiger partial charge on any atom is 0.235 e. The SMILES string of the molecule is Fc1cccc(-c2ccc(-c3cccc(-c4ccnc(-n5c6ccccc6c6cc(C7=CC8c9ccccc9N(c9ccccc9)C8C=C7)ccc65)n4)c3)cc2)c1. The Hall–Kier alpha value is -7.37. The summed E-state index contributed by atoms with van der Waals surface area (Å²) in [6, 6.07) is 60.4. The average Bonchev–Trinajstić information content (AvgIpc) is 3.79. The summed E-state index contributed by atoms with van der Waals surface area (Å²) in [5.74, 6) is 0.630. The van der Waals surface area contributed by atoms with E-state index < -0.39 is 0 Å². The van der Waals surface area contributed by atoms with Crippen LogP contribution in [0.2, 0.25) is 0 Å². The van der Waals surface area contributed by atoms with Gasteiger partial charge in [-0.1, -0.05) is 133 Å². The van der Waals surface area contributed by atoms with Crippen LogP contribution in [-0.2, 0) is 0 Å². The van der Waals surface area contributed by atoms with Crippen molar-refractivity contribution in [3.63, 3.8) is 0 Å². The molecule has 2 atom stereocenters. The van der Waals surface area contributed by atoms with Crippen LogP contribution in [0.3, 0.4) is 0 Å². The maximum absolute atomic E-state index is 13.9. The number of benzene rings is 7. The third kappa shape index (κ3) is 5.66. The van der Waals surface area contributed by atoms with Gasteiger partial charge in [0.05, 0.1) is 22.8 Å². The first kappa shape index (κ1) is 33.0. The van der Waals surface area contributed by atoms with Gasteiger partial charge in [-0.05, 0) is 99.6 Å². The molecule has 1 aliphatic carbocycles. The van der Waals surface area contributed by atoms with E-state index in [0.29, 0.717) is 5.95 Å². The van der Waals surface area contributed by atoms with Crippen molar-refractivity contribution in [1.29, 1.82) is 0 Å². The zero-order valence-electron chi connectivity index (χ0n) is 30.9. The van der Waals surface area contributed by atoms with Crippen LogP contribution in [0.1, 0.15) is 17.0 Å². The molecule has 0 saturated carbocycles. The lowest BCUT2D eigenvalue weighted by Crippen LogP contribution is -2.28. The Labute approximate surface area is 330 Å². The van der Waals surface area contributed by atoms with Crippen molar-refractivity contribution in [2.24, 2.45) is 0 Å². The summed E-state index contributed by atoms with van der Waals surface area (Å²) < 4.78 is 16.0. The van der Waals surface area contributed by atoms with E-state index >= 15 is 0 Å². The Kier molecular flexibility index (Phi) is 7.78. The fraction of sp³-hybridized carbons (Fsp3) is 0.0385. The zero-order chi connectivity index (χ0) is 37.9. The van der Waals surface area contributed by atoms with Crippen LogP contribution in [0.15, 0.2) is 200 Å². The molecule has 0 fully saturated rings. The number of aromatic nitrogens is 3. The predicted octanol–water partition coefficient (Wildman–Crippen LogP) is 13.0. The first-order valence-electron chi connectivity index (χ1n) is 19.3. The molecule has 0 radical (unpaired) electrons. The van der Waals surface area contributed by atoms with Crippen molar-refractivity contribution in [1.82, 2.24) is 14.5 Å². The Balaban J connectivity index is 0.941. The fourth-order valence-electron chi connectivity index (χ4n) is 8.80. The van der Waals surface area contributed by atoms with Gasteiger partial charge in [-0.25, -0.2) is 14.4 Å². The number of halogens is 1. The van der Waals surface area contributed by atoms with E-state index in [0.717, 1.165) is 55.3 Å². The van der Waals surface area contributed by atoms with Crippen LogP contribution in [0.5, 0.6) is 0 Å². The van der Waals surface area contributed by atoms with Gasteiger partial charge in [-0.2, -0.15) is 0 Å². The summed E-state index contributed by atoms with van der Waals surface area (Å²) in [6.07, 6.45) is 8.96. The lowest BCUT2D eigenvalue weighted by Gasteiger charge is -2.29. The smallest absolute Gasteiger partial charge is 0.235 e. The molecule has 0 N–H and O–H groups in total. The summed E-state index contributed by atoms with van der Waals surface area (Å²) in [5, 5.41) is 2.32. The summed E-state index contributed by atoms with van der Waals surface area (Å²) in [7, 11) is 0. The summed E-state index contributed by atoms with van der Waals surface area (Å²) >= 11 is 0. The van der Waals surface area contributed by atoms with Gasteiger partial charge in [0.15, 0.2) is 0 Å². The minimum absolute atomic E-state index is 0.219. The molecule has 57 heavy (non-hydrogen) atoms. The molecule has 4 nitrogen and oxygen atoms in total. The molecule has 9 aromatic rings. The number of anilines is 2. The monoisotopic (exact) mass is 734 g/mol. The second-order valence-corrected chi connectivity index (χ2v) is 14.8. The van der Waals surface area contributed by atoms with Crippen LogP contribution in [0.25, 0.3) is 66.8 Å². The highest BCUT2D eigenvalue weighted by atomic mass is 19.1. The molecule has 5 heteroatoms. The number of para-hydroxylation sites is 3. The summed E-state index contributed by atoms with van der Waals surface area (Å²) in [5.41, 5.74) is 14.2. The normalized spacial score (nSPS) is 15.8. The highest BCUT2D eigenvalue weighted by molar-refractivity contribution is 6.10. The van der Waals surface area contributed by atoms with E-state index in [1.807, 2.05) is 30.5 Å². The topological polar surface area (TPSA) is 34.0 Å². The van der Waals surface area contributed by atoms with Gasteiger partial charge < -0.3 is 4.90 Å². The van der Waals surface area contributed by atoms with E-state index in [-0.39, 0.29) is 17.8 Å². The minimum atomic E-state index is -0.237. The second-order valence-electron chi connectivity index (χ2n) is 14.8. The largest absolute Gasteiger partial charge is 0.333 e. The van der Waals surface area contributed by atoms with Gasteiger partial charge in [0, 0.05) is 39.8 Å². The molecule has 2 unspecified atom stereocenters. The predicted molar refractivity (Wildman–Crippen MR) is 231 cm³/mol. The third-order valence-corrected chi connectivity index (χ3v) is 11.5. The molecule has 0 saturated heterocycles. The quantitative estimate of drug-likeness (QED) is 0.171. The van der Waals surface area contributed by atoms with Crippen molar-refractivity contribution in [3.05, 3.63) is 217 Å². The van der Waals surface area contributed by atoms with Crippen LogP contribution in [0, 0.1) is 5.82 Å². The standard InChI is InChI=1S/C52H35FN4/c53-41-13-9-11-37(31-41)35-22-20-34(21-23-35)36-10-8-12-40(30-36)47-28-29-54-52(55-47)57-49-19-7-5-17-44(49)46-33-39(25-27-51(46)57)38-24-26-50-45(32-38)43-16-4-6-18-48(43)56(50)42-14-2-1-3-15-42/h1-33,45,50H. The third-order valence-electron chi connectivity index (χ3n) is 11.5. The number of nitrogens with zero attached hydrogens (tertiary/aromatic N) is 4. The second kappa shape index (κ2) is 13.4. The van der Waals surface area contributed by atoms with E-state index in [2.05, 4.69) is 161 Å². The number of fused-ring (bicyclic) bond motifs is 6. The molecular formula is C52H35FN4. The molecule has 2 aliphatic rings. The van der Waals surface area contributed by atoms with E-state index in [9.17, 15) is 4.39 Å². The van der Waals surface area contributed by atoms with Crippen molar-refractivity contribution in [2.45, 2.75) is 12.0 Å². The van der Waals surface area contributed by atoms with Crippen LogP contribution in [0.4, 0.5) is 15.8 Å². The maximum atomic E-state index is 13.9. The molecule has 2 aromatic heterocycles. The van der Waals surface area contributed by atoms with Crippen molar-refractivity contribution in [3.8, 4) is 39.5 Å². The van der Waals surface area contributed by atoms with Crippen molar-refractivity contribution in [2.75, 3.05) is 4.90 Å². The molecule has 7 aromatic carbocycles. The average molecular weight is 735 g/mol. The highest BCUT2D eigenvalue weighted by Gasteiger charge is 2.38. The first-order valence-corrected chi connectivity index (χ1v) is 19.3. The molecule has 3 heterocycles. The van der Waals surface area contributed by atoms with Gasteiger partial charge >= 0.3 is 0 Å². The Bertz CT molecular complexity index is 3050. The lowest BCUT2D eigenvalue weighted by molar-refractivity contribution is 0.628. The van der Waals surface area contributed by atoms with Gasteiger partial charge in [0.25, 0.3) is 0 Å². The highest BCUT2D eigenvalue weighted by Crippen LogP contribution is 2.49. The molecule has 0 amide bonds. The number of rotatable bonds is 6. The van der Waals surface area contributed by atoms with E-state index in [1.54, 1.807) is 12.1 Å². The molecule has 11 rings (SSSR count). The number of hydrogen-bond donors (Lipinski definition) is 0. The first-order chi connectivity index (χ1) is 28.2.